The molecule has 0 aliphatic rings. The van der Waals surface area contributed by atoms with E-state index >= 15 is 0 Å². The highest BCUT2D eigenvalue weighted by Gasteiger charge is 2.23. The first-order valence-electron chi connectivity index (χ1n) is 5.44. The minimum absolute atomic E-state index is 0.155. The number of hydrogen-bond acceptors (Lipinski definition) is 3. The maximum absolute atomic E-state index is 9.40. The van der Waals surface area contributed by atoms with Crippen LogP contribution in [0, 0.1) is 5.92 Å². The molecule has 0 amide bonds. The molecule has 1 heterocycles. The van der Waals surface area contributed by atoms with Crippen LogP contribution in [0.3, 0.4) is 0 Å². The summed E-state index contributed by atoms with van der Waals surface area (Å²) in [6.07, 6.45) is 0.995. The Balaban J connectivity index is 2.45. The fourth-order valence-corrected chi connectivity index (χ4v) is 2.45. The van der Waals surface area contributed by atoms with Gasteiger partial charge in [-0.25, -0.2) is 0 Å². The third-order valence-electron chi connectivity index (χ3n) is 2.48. The van der Waals surface area contributed by atoms with Gasteiger partial charge in [0.05, 0.1) is 6.61 Å². The lowest BCUT2D eigenvalue weighted by Gasteiger charge is -2.30. The van der Waals surface area contributed by atoms with Crippen molar-refractivity contribution in [2.75, 3.05) is 6.61 Å². The molecule has 2 N–H and O–H groups in total. The van der Waals surface area contributed by atoms with E-state index in [0.29, 0.717) is 5.92 Å². The van der Waals surface area contributed by atoms with Gasteiger partial charge < -0.3 is 10.4 Å². The van der Waals surface area contributed by atoms with Crippen LogP contribution in [0.5, 0.6) is 0 Å². The van der Waals surface area contributed by atoms with Crippen molar-refractivity contribution in [1.29, 1.82) is 0 Å². The van der Waals surface area contributed by atoms with Crippen LogP contribution in [0.25, 0.3) is 0 Å². The fourth-order valence-electron chi connectivity index (χ4n) is 1.81. The first-order valence-corrected chi connectivity index (χ1v) is 6.32. The van der Waals surface area contributed by atoms with Crippen molar-refractivity contribution in [1.82, 2.24) is 5.32 Å². The molecule has 3 heteroatoms. The van der Waals surface area contributed by atoms with Crippen molar-refractivity contribution >= 4 is 11.3 Å². The third kappa shape index (κ3) is 4.33. The maximum atomic E-state index is 9.40. The van der Waals surface area contributed by atoms with Crippen molar-refractivity contribution in [3.05, 3.63) is 22.4 Å². The van der Waals surface area contributed by atoms with Gasteiger partial charge in [0.15, 0.2) is 0 Å². The number of rotatable bonds is 6. The highest BCUT2D eigenvalue weighted by Crippen LogP contribution is 2.17. The van der Waals surface area contributed by atoms with Crippen molar-refractivity contribution < 1.29 is 5.11 Å². The molecule has 1 aromatic rings. The maximum Gasteiger partial charge on any atom is 0.0610 e. The van der Waals surface area contributed by atoms with Crippen molar-refractivity contribution in [2.24, 2.45) is 5.92 Å². The molecule has 15 heavy (non-hydrogen) atoms. The monoisotopic (exact) mass is 227 g/mol. The first kappa shape index (κ1) is 12.7. The van der Waals surface area contributed by atoms with Crippen LogP contribution in [0.1, 0.15) is 32.1 Å². The number of aliphatic hydroxyl groups is 1. The summed E-state index contributed by atoms with van der Waals surface area (Å²) in [6, 6.07) is 4.17. The normalized spacial score (nSPS) is 15.5. The summed E-state index contributed by atoms with van der Waals surface area (Å²) < 4.78 is 0. The zero-order chi connectivity index (χ0) is 11.3. The largest absolute Gasteiger partial charge is 0.394 e. The Hall–Kier alpha value is -0.380. The van der Waals surface area contributed by atoms with Gasteiger partial charge in [0.1, 0.15) is 0 Å². The molecule has 0 aliphatic carbocycles. The summed E-state index contributed by atoms with van der Waals surface area (Å²) in [7, 11) is 0. The Morgan fingerprint density at radius 1 is 1.53 bits per heavy atom. The van der Waals surface area contributed by atoms with Crippen molar-refractivity contribution in [3.8, 4) is 0 Å². The second-order valence-electron chi connectivity index (χ2n) is 4.75. The first-order chi connectivity index (χ1) is 7.06. The zero-order valence-electron chi connectivity index (χ0n) is 9.79. The van der Waals surface area contributed by atoms with E-state index in [1.54, 1.807) is 11.3 Å². The Morgan fingerprint density at radius 2 is 2.27 bits per heavy atom. The van der Waals surface area contributed by atoms with Crippen LogP contribution >= 0.6 is 11.3 Å². The average molecular weight is 227 g/mol. The zero-order valence-corrected chi connectivity index (χ0v) is 10.6. The SMILES string of the molecule is CC(C)CC(C)(CO)NCc1cccs1. The predicted octanol–water partition coefficient (Wildman–Crippen LogP) is 2.63. The quantitative estimate of drug-likeness (QED) is 0.783. The molecule has 0 saturated carbocycles. The van der Waals surface area contributed by atoms with Gasteiger partial charge in [0.2, 0.25) is 0 Å². The Bertz CT molecular complexity index is 271. The molecule has 1 atom stereocenters. The van der Waals surface area contributed by atoms with Crippen LogP contribution in [-0.2, 0) is 6.54 Å². The lowest BCUT2D eigenvalue weighted by Crippen LogP contribution is -2.46. The molecular weight excluding hydrogens is 206 g/mol. The summed E-state index contributed by atoms with van der Waals surface area (Å²) in [4.78, 5) is 1.32. The summed E-state index contributed by atoms with van der Waals surface area (Å²) >= 11 is 1.75. The lowest BCUT2D eigenvalue weighted by molar-refractivity contribution is 0.151. The molecule has 86 valence electrons. The molecule has 2 nitrogen and oxygen atoms in total. The van der Waals surface area contributed by atoms with E-state index in [4.69, 9.17) is 0 Å². The van der Waals surface area contributed by atoms with E-state index < -0.39 is 0 Å². The number of aliphatic hydroxyl groups excluding tert-OH is 1. The molecule has 0 saturated heterocycles. The van der Waals surface area contributed by atoms with Crippen LogP contribution in [-0.4, -0.2) is 17.3 Å². The second kappa shape index (κ2) is 5.64. The van der Waals surface area contributed by atoms with E-state index in [2.05, 4.69) is 43.6 Å². The number of thiophene rings is 1. The van der Waals surface area contributed by atoms with Gasteiger partial charge in [0.25, 0.3) is 0 Å². The van der Waals surface area contributed by atoms with Crippen LogP contribution in [0.4, 0.5) is 0 Å². The van der Waals surface area contributed by atoms with Gasteiger partial charge in [-0.2, -0.15) is 0 Å². The highest BCUT2D eigenvalue weighted by molar-refractivity contribution is 7.09. The molecule has 1 unspecified atom stereocenters. The predicted molar refractivity (Wildman–Crippen MR) is 66.1 cm³/mol. The van der Waals surface area contributed by atoms with Gasteiger partial charge in [-0.1, -0.05) is 19.9 Å². The lowest BCUT2D eigenvalue weighted by atomic mass is 9.91. The average Bonchev–Trinajstić information content (AvgIpc) is 2.66. The third-order valence-corrected chi connectivity index (χ3v) is 3.35. The minimum atomic E-state index is -0.155. The van der Waals surface area contributed by atoms with Crippen molar-refractivity contribution in [3.63, 3.8) is 0 Å². The Kier molecular flexibility index (Phi) is 4.77. The van der Waals surface area contributed by atoms with Crippen LogP contribution in [0.15, 0.2) is 17.5 Å². The summed E-state index contributed by atoms with van der Waals surface area (Å²) in [5.74, 6) is 0.595. The molecule has 0 aliphatic heterocycles. The molecule has 1 aromatic heterocycles. The Morgan fingerprint density at radius 3 is 2.73 bits per heavy atom. The molecule has 0 bridgehead atoms. The fraction of sp³-hybridized carbons (Fsp3) is 0.667. The van der Waals surface area contributed by atoms with Crippen LogP contribution < -0.4 is 5.32 Å². The molecular formula is C12H21NOS. The van der Waals surface area contributed by atoms with E-state index in [1.165, 1.54) is 4.88 Å². The Labute approximate surface area is 96.3 Å². The molecule has 0 spiro atoms. The molecule has 0 radical (unpaired) electrons. The van der Waals surface area contributed by atoms with Gasteiger partial charge in [-0.3, -0.25) is 0 Å². The molecule has 1 rings (SSSR count). The standard InChI is InChI=1S/C12H21NOS/c1-10(2)7-12(3,9-14)13-8-11-5-4-6-15-11/h4-6,10,13-14H,7-9H2,1-3H3. The van der Waals surface area contributed by atoms with E-state index in [0.717, 1.165) is 13.0 Å². The van der Waals surface area contributed by atoms with Crippen LogP contribution in [0.2, 0.25) is 0 Å². The number of nitrogens with one attached hydrogen (secondary N) is 1. The van der Waals surface area contributed by atoms with Gasteiger partial charge in [-0.15, -0.1) is 11.3 Å². The summed E-state index contributed by atoms with van der Waals surface area (Å²) in [6.45, 7) is 7.49. The highest BCUT2D eigenvalue weighted by atomic mass is 32.1. The minimum Gasteiger partial charge on any atom is -0.394 e. The molecule has 0 fully saturated rings. The summed E-state index contributed by atoms with van der Waals surface area (Å²) in [5.41, 5.74) is -0.155. The number of hydrogen-bond donors (Lipinski definition) is 2. The van der Waals surface area contributed by atoms with E-state index in [1.807, 2.05) is 0 Å². The topological polar surface area (TPSA) is 32.3 Å². The van der Waals surface area contributed by atoms with Crippen molar-refractivity contribution in [2.45, 2.75) is 39.3 Å². The van der Waals surface area contributed by atoms with E-state index in [9.17, 15) is 5.11 Å². The van der Waals surface area contributed by atoms with Gasteiger partial charge in [-0.05, 0) is 30.7 Å². The van der Waals surface area contributed by atoms with Gasteiger partial charge >= 0.3 is 0 Å². The smallest absolute Gasteiger partial charge is 0.0610 e. The molecule has 0 aromatic carbocycles. The van der Waals surface area contributed by atoms with Gasteiger partial charge in [0, 0.05) is 17.0 Å². The second-order valence-corrected chi connectivity index (χ2v) is 5.78. The summed E-state index contributed by atoms with van der Waals surface area (Å²) in [5, 5.41) is 14.9. The van der Waals surface area contributed by atoms with E-state index in [-0.39, 0.29) is 12.1 Å².